The molecule has 0 unspecified atom stereocenters. The maximum Gasteiger partial charge on any atom is 0.254 e. The Labute approximate surface area is 112 Å². The van der Waals surface area contributed by atoms with Crippen LogP contribution in [-0.4, -0.2) is 12.5 Å². The first-order valence-electron chi connectivity index (χ1n) is 6.42. The molecular formula is C15H19F2NO. The van der Waals surface area contributed by atoms with Crippen molar-refractivity contribution in [3.05, 3.63) is 35.4 Å². The molecule has 1 amide bonds. The molecule has 2 nitrogen and oxygen atoms in total. The van der Waals surface area contributed by atoms with Crippen molar-refractivity contribution in [2.75, 3.05) is 6.54 Å². The highest BCUT2D eigenvalue weighted by molar-refractivity contribution is 5.94. The van der Waals surface area contributed by atoms with Gasteiger partial charge in [0.15, 0.2) is 11.6 Å². The summed E-state index contributed by atoms with van der Waals surface area (Å²) in [6.45, 7) is 9.06. The van der Waals surface area contributed by atoms with Crippen LogP contribution in [0.4, 0.5) is 8.78 Å². The molecule has 1 fully saturated rings. The van der Waals surface area contributed by atoms with Gasteiger partial charge >= 0.3 is 0 Å². The Morgan fingerprint density at radius 1 is 1.21 bits per heavy atom. The highest BCUT2D eigenvalue weighted by Gasteiger charge is 2.64. The third-order valence-electron chi connectivity index (χ3n) is 4.98. The molecule has 0 aliphatic heterocycles. The molecule has 0 saturated heterocycles. The van der Waals surface area contributed by atoms with E-state index in [1.54, 1.807) is 0 Å². The maximum absolute atomic E-state index is 13.5. The third kappa shape index (κ3) is 2.13. The molecule has 104 valence electrons. The van der Waals surface area contributed by atoms with E-state index in [2.05, 4.69) is 33.0 Å². The molecule has 1 aliphatic carbocycles. The van der Waals surface area contributed by atoms with Gasteiger partial charge in [-0.2, -0.15) is 0 Å². The summed E-state index contributed by atoms with van der Waals surface area (Å²) >= 11 is 0. The average molecular weight is 267 g/mol. The lowest BCUT2D eigenvalue weighted by Gasteiger charge is -2.07. The van der Waals surface area contributed by atoms with Crippen LogP contribution < -0.4 is 5.32 Å². The molecule has 4 heteroatoms. The number of amides is 1. The molecule has 1 aromatic rings. The average Bonchev–Trinajstić information content (AvgIpc) is 2.70. The normalized spacial score (nSPS) is 20.1. The summed E-state index contributed by atoms with van der Waals surface area (Å²) in [5.74, 6) is -2.30. The van der Waals surface area contributed by atoms with Crippen molar-refractivity contribution < 1.29 is 13.6 Å². The standard InChI is InChI=1S/C15H19F2NO/c1-14(2)11(15(14,3)4)8-18-13(19)9-6-5-7-10(16)12(9)17/h5-7,11H,8H2,1-4H3,(H,18,19). The number of nitrogens with one attached hydrogen (secondary N) is 1. The van der Waals surface area contributed by atoms with Crippen LogP contribution in [-0.2, 0) is 0 Å². The Hall–Kier alpha value is -1.45. The number of rotatable bonds is 3. The number of carbonyl (C=O) groups excluding carboxylic acids is 1. The van der Waals surface area contributed by atoms with Gasteiger partial charge in [-0.25, -0.2) is 8.78 Å². The fourth-order valence-electron chi connectivity index (χ4n) is 2.81. The number of halogens is 2. The second kappa shape index (κ2) is 4.29. The summed E-state index contributed by atoms with van der Waals surface area (Å²) in [4.78, 5) is 11.9. The van der Waals surface area contributed by atoms with Crippen LogP contribution >= 0.6 is 0 Å². The van der Waals surface area contributed by atoms with Gasteiger partial charge in [-0.3, -0.25) is 4.79 Å². The van der Waals surface area contributed by atoms with E-state index < -0.39 is 17.5 Å². The highest BCUT2D eigenvalue weighted by atomic mass is 19.2. The number of carbonyl (C=O) groups is 1. The molecule has 1 saturated carbocycles. The molecule has 0 heterocycles. The molecule has 0 atom stereocenters. The summed E-state index contributed by atoms with van der Waals surface area (Å²) in [6.07, 6.45) is 0. The number of hydrogen-bond acceptors (Lipinski definition) is 1. The van der Waals surface area contributed by atoms with E-state index in [1.165, 1.54) is 12.1 Å². The van der Waals surface area contributed by atoms with E-state index in [0.717, 1.165) is 6.07 Å². The van der Waals surface area contributed by atoms with E-state index in [-0.39, 0.29) is 16.4 Å². The summed E-state index contributed by atoms with van der Waals surface area (Å²) < 4.78 is 26.5. The van der Waals surface area contributed by atoms with Crippen LogP contribution in [0, 0.1) is 28.4 Å². The van der Waals surface area contributed by atoms with Gasteiger partial charge in [0.05, 0.1) is 5.56 Å². The highest BCUT2D eigenvalue weighted by Crippen LogP contribution is 2.67. The van der Waals surface area contributed by atoms with Gasteiger partial charge < -0.3 is 5.32 Å². The first-order valence-corrected chi connectivity index (χ1v) is 6.42. The van der Waals surface area contributed by atoms with Crippen molar-refractivity contribution >= 4 is 5.91 Å². The van der Waals surface area contributed by atoms with E-state index in [0.29, 0.717) is 12.5 Å². The van der Waals surface area contributed by atoms with Gasteiger partial charge in [0.2, 0.25) is 0 Å². The van der Waals surface area contributed by atoms with Crippen LogP contribution in [0.25, 0.3) is 0 Å². The predicted octanol–water partition coefficient (Wildman–Crippen LogP) is 3.38. The van der Waals surface area contributed by atoms with E-state index in [9.17, 15) is 13.6 Å². The third-order valence-corrected chi connectivity index (χ3v) is 4.98. The predicted molar refractivity (Wildman–Crippen MR) is 69.7 cm³/mol. The quantitative estimate of drug-likeness (QED) is 0.893. The first kappa shape index (κ1) is 14.0. The van der Waals surface area contributed by atoms with Crippen molar-refractivity contribution in [2.45, 2.75) is 27.7 Å². The van der Waals surface area contributed by atoms with Gasteiger partial charge in [-0.05, 0) is 28.9 Å². The molecule has 0 spiro atoms. The number of benzene rings is 1. The van der Waals surface area contributed by atoms with Crippen molar-refractivity contribution in [3.8, 4) is 0 Å². The Bertz CT molecular complexity index is 509. The van der Waals surface area contributed by atoms with E-state index >= 15 is 0 Å². The minimum atomic E-state index is -1.09. The zero-order valence-electron chi connectivity index (χ0n) is 11.7. The molecule has 0 bridgehead atoms. The van der Waals surface area contributed by atoms with Crippen molar-refractivity contribution in [1.29, 1.82) is 0 Å². The van der Waals surface area contributed by atoms with Crippen LogP contribution in [0.3, 0.4) is 0 Å². The van der Waals surface area contributed by atoms with Gasteiger partial charge in [0.25, 0.3) is 5.91 Å². The first-order chi connectivity index (χ1) is 8.69. The Morgan fingerprint density at radius 2 is 1.79 bits per heavy atom. The fraction of sp³-hybridized carbons (Fsp3) is 0.533. The van der Waals surface area contributed by atoms with Gasteiger partial charge in [-0.15, -0.1) is 0 Å². The second-order valence-corrected chi connectivity index (χ2v) is 6.31. The van der Waals surface area contributed by atoms with Crippen LogP contribution in [0.1, 0.15) is 38.1 Å². The summed E-state index contributed by atoms with van der Waals surface area (Å²) in [5, 5.41) is 2.69. The Morgan fingerprint density at radius 3 is 2.32 bits per heavy atom. The van der Waals surface area contributed by atoms with Gasteiger partial charge in [0, 0.05) is 6.54 Å². The minimum Gasteiger partial charge on any atom is -0.352 e. The van der Waals surface area contributed by atoms with Crippen LogP contribution in [0.2, 0.25) is 0 Å². The molecule has 19 heavy (non-hydrogen) atoms. The zero-order chi connectivity index (χ0) is 14.4. The molecule has 0 radical (unpaired) electrons. The van der Waals surface area contributed by atoms with E-state index in [1.807, 2.05) is 0 Å². The van der Waals surface area contributed by atoms with Gasteiger partial charge in [-0.1, -0.05) is 33.8 Å². The Balaban J connectivity index is 2.02. The molecule has 0 aromatic heterocycles. The molecule has 1 aromatic carbocycles. The molecular weight excluding hydrogens is 248 g/mol. The van der Waals surface area contributed by atoms with E-state index in [4.69, 9.17) is 0 Å². The summed E-state index contributed by atoms with van der Waals surface area (Å²) in [7, 11) is 0. The second-order valence-electron chi connectivity index (χ2n) is 6.31. The lowest BCUT2D eigenvalue weighted by Crippen LogP contribution is -2.28. The van der Waals surface area contributed by atoms with Crippen molar-refractivity contribution in [1.82, 2.24) is 5.32 Å². The lowest BCUT2D eigenvalue weighted by molar-refractivity contribution is 0.0945. The SMILES string of the molecule is CC1(C)C(CNC(=O)c2cccc(F)c2F)C1(C)C. The van der Waals surface area contributed by atoms with Crippen molar-refractivity contribution in [2.24, 2.45) is 16.7 Å². The lowest BCUT2D eigenvalue weighted by atomic mass is 10.0. The summed E-state index contributed by atoms with van der Waals surface area (Å²) in [5.41, 5.74) is 0.0675. The molecule has 1 aliphatic rings. The molecule has 2 rings (SSSR count). The topological polar surface area (TPSA) is 29.1 Å². The van der Waals surface area contributed by atoms with Crippen LogP contribution in [0.5, 0.6) is 0 Å². The zero-order valence-corrected chi connectivity index (χ0v) is 11.7. The van der Waals surface area contributed by atoms with Gasteiger partial charge in [0.1, 0.15) is 0 Å². The number of hydrogen-bond donors (Lipinski definition) is 1. The monoisotopic (exact) mass is 267 g/mol. The summed E-state index contributed by atoms with van der Waals surface area (Å²) in [6, 6.07) is 3.62. The fourth-order valence-corrected chi connectivity index (χ4v) is 2.81. The Kier molecular flexibility index (Phi) is 3.15. The van der Waals surface area contributed by atoms with Crippen molar-refractivity contribution in [3.63, 3.8) is 0 Å². The molecule has 1 N–H and O–H groups in total. The smallest absolute Gasteiger partial charge is 0.254 e. The largest absolute Gasteiger partial charge is 0.352 e. The minimum absolute atomic E-state index is 0.154. The maximum atomic E-state index is 13.5. The van der Waals surface area contributed by atoms with Crippen LogP contribution in [0.15, 0.2) is 18.2 Å².